The van der Waals surface area contributed by atoms with Crippen molar-refractivity contribution in [2.75, 3.05) is 11.9 Å². The fourth-order valence-electron chi connectivity index (χ4n) is 1.85. The zero-order chi connectivity index (χ0) is 13.2. The molecule has 2 atom stereocenters. The molecule has 2 rings (SSSR count). The van der Waals surface area contributed by atoms with E-state index in [-0.39, 0.29) is 12.0 Å². The number of anilines is 1. The summed E-state index contributed by atoms with van der Waals surface area (Å²) in [6, 6.07) is 0.648. The third-order valence-corrected chi connectivity index (χ3v) is 2.97. The average Bonchev–Trinajstić information content (AvgIpc) is 2.32. The maximum Gasteiger partial charge on any atom is 0.419 e. The maximum absolute atomic E-state index is 12.3. The van der Waals surface area contributed by atoms with E-state index >= 15 is 0 Å². The van der Waals surface area contributed by atoms with Crippen LogP contribution in [0.5, 0.6) is 0 Å². The molecule has 4 nitrogen and oxygen atoms in total. The lowest BCUT2D eigenvalue weighted by molar-refractivity contribution is -0.138. The molecule has 0 spiro atoms. The van der Waals surface area contributed by atoms with E-state index in [4.69, 9.17) is 0 Å². The molecule has 0 bridgehead atoms. The second-order valence-electron chi connectivity index (χ2n) is 4.52. The Balaban J connectivity index is 1.94. The molecule has 0 aromatic carbocycles. The number of hydrogen-bond donors (Lipinski definition) is 2. The first-order chi connectivity index (χ1) is 8.45. The Morgan fingerprint density at radius 3 is 2.44 bits per heavy atom. The molecule has 7 heteroatoms. The average molecular weight is 260 g/mol. The van der Waals surface area contributed by atoms with Gasteiger partial charge in [-0.15, -0.1) is 0 Å². The Kier molecular flexibility index (Phi) is 3.70. The Morgan fingerprint density at radius 2 is 1.94 bits per heavy atom. The molecular weight excluding hydrogens is 245 g/mol. The van der Waals surface area contributed by atoms with Gasteiger partial charge in [0.2, 0.25) is 5.95 Å². The van der Waals surface area contributed by atoms with Crippen molar-refractivity contribution in [3.8, 4) is 0 Å². The zero-order valence-corrected chi connectivity index (χ0v) is 9.96. The summed E-state index contributed by atoms with van der Waals surface area (Å²) in [5.41, 5.74) is -0.830. The van der Waals surface area contributed by atoms with Crippen LogP contribution in [0.15, 0.2) is 12.4 Å². The van der Waals surface area contributed by atoms with Crippen molar-refractivity contribution in [3.63, 3.8) is 0 Å². The van der Waals surface area contributed by atoms with E-state index < -0.39 is 11.7 Å². The number of alkyl halides is 3. The highest BCUT2D eigenvalue weighted by atomic mass is 19.4. The topological polar surface area (TPSA) is 49.8 Å². The predicted octanol–water partition coefficient (Wildman–Crippen LogP) is 2.05. The van der Waals surface area contributed by atoms with Crippen molar-refractivity contribution in [2.24, 2.45) is 0 Å². The van der Waals surface area contributed by atoms with Gasteiger partial charge in [0.15, 0.2) is 0 Å². The molecule has 2 N–H and O–H groups in total. The fraction of sp³-hybridized carbons (Fsp3) is 0.636. The largest absolute Gasteiger partial charge is 0.419 e. The predicted molar refractivity (Wildman–Crippen MR) is 61.1 cm³/mol. The number of piperidine rings is 1. The molecule has 1 fully saturated rings. The van der Waals surface area contributed by atoms with Crippen molar-refractivity contribution < 1.29 is 13.2 Å². The molecule has 100 valence electrons. The van der Waals surface area contributed by atoms with Crippen LogP contribution in [0.2, 0.25) is 0 Å². The van der Waals surface area contributed by atoms with Crippen LogP contribution >= 0.6 is 0 Å². The SMILES string of the molecule is C[C@H]1CC[C@@H](Nc2ncc(C(F)(F)F)cn2)CN1. The summed E-state index contributed by atoms with van der Waals surface area (Å²) in [6.45, 7) is 2.87. The summed E-state index contributed by atoms with van der Waals surface area (Å²) in [5.74, 6) is 0.240. The van der Waals surface area contributed by atoms with E-state index in [1.165, 1.54) is 0 Å². The van der Waals surface area contributed by atoms with Crippen LogP contribution in [0, 0.1) is 0 Å². The lowest BCUT2D eigenvalue weighted by atomic mass is 10.0. The highest BCUT2D eigenvalue weighted by molar-refractivity contribution is 5.27. The normalized spacial score (nSPS) is 24.9. The Hall–Kier alpha value is -1.37. The number of halogens is 3. The number of rotatable bonds is 2. The Morgan fingerprint density at radius 1 is 1.28 bits per heavy atom. The lowest BCUT2D eigenvalue weighted by Crippen LogP contribution is -2.43. The fourth-order valence-corrected chi connectivity index (χ4v) is 1.85. The van der Waals surface area contributed by atoms with Gasteiger partial charge in [0.25, 0.3) is 0 Å². The molecule has 18 heavy (non-hydrogen) atoms. The van der Waals surface area contributed by atoms with Crippen molar-refractivity contribution in [1.82, 2.24) is 15.3 Å². The van der Waals surface area contributed by atoms with Gasteiger partial charge in [-0.3, -0.25) is 0 Å². The first-order valence-corrected chi connectivity index (χ1v) is 5.84. The molecule has 1 aliphatic rings. The summed E-state index contributed by atoms with van der Waals surface area (Å²) >= 11 is 0. The van der Waals surface area contributed by atoms with Crippen molar-refractivity contribution in [2.45, 2.75) is 38.0 Å². The minimum absolute atomic E-state index is 0.165. The van der Waals surface area contributed by atoms with Gasteiger partial charge in [0, 0.05) is 31.0 Å². The summed E-state index contributed by atoms with van der Waals surface area (Å²) in [7, 11) is 0. The maximum atomic E-state index is 12.3. The van der Waals surface area contributed by atoms with Crippen LogP contribution < -0.4 is 10.6 Å². The lowest BCUT2D eigenvalue weighted by Gasteiger charge is -2.28. The number of nitrogens with one attached hydrogen (secondary N) is 2. The highest BCUT2D eigenvalue weighted by Gasteiger charge is 2.31. The standard InChI is InChI=1S/C11H15F3N4/c1-7-2-3-9(6-15-7)18-10-16-4-8(5-17-10)11(12,13)14/h4-5,7,9,15H,2-3,6H2,1H3,(H,16,17,18)/t7-,9+/m0/s1. The molecule has 0 aliphatic carbocycles. The van der Waals surface area contributed by atoms with E-state index in [0.29, 0.717) is 6.04 Å². The van der Waals surface area contributed by atoms with Crippen LogP contribution in [0.1, 0.15) is 25.3 Å². The Bertz CT molecular complexity index is 382. The second kappa shape index (κ2) is 5.09. The van der Waals surface area contributed by atoms with E-state index in [1.54, 1.807) is 0 Å². The highest BCUT2D eigenvalue weighted by Crippen LogP contribution is 2.28. The van der Waals surface area contributed by atoms with Crippen LogP contribution in [0.25, 0.3) is 0 Å². The summed E-state index contributed by atoms with van der Waals surface area (Å²) < 4.78 is 36.9. The zero-order valence-electron chi connectivity index (χ0n) is 9.96. The molecule has 0 radical (unpaired) electrons. The van der Waals surface area contributed by atoms with Crippen molar-refractivity contribution in [1.29, 1.82) is 0 Å². The molecule has 0 amide bonds. The van der Waals surface area contributed by atoms with Gasteiger partial charge < -0.3 is 10.6 Å². The molecule has 1 aromatic rings. The third-order valence-electron chi connectivity index (χ3n) is 2.97. The quantitative estimate of drug-likeness (QED) is 0.854. The van der Waals surface area contributed by atoms with E-state index in [1.807, 2.05) is 0 Å². The smallest absolute Gasteiger partial charge is 0.350 e. The van der Waals surface area contributed by atoms with Gasteiger partial charge >= 0.3 is 6.18 Å². The number of hydrogen-bond acceptors (Lipinski definition) is 4. The van der Waals surface area contributed by atoms with Crippen LogP contribution in [-0.2, 0) is 6.18 Å². The molecule has 0 saturated carbocycles. The van der Waals surface area contributed by atoms with E-state index in [2.05, 4.69) is 27.5 Å². The van der Waals surface area contributed by atoms with Crippen LogP contribution in [-0.4, -0.2) is 28.6 Å². The molecule has 1 aromatic heterocycles. The minimum Gasteiger partial charge on any atom is -0.350 e. The van der Waals surface area contributed by atoms with Gasteiger partial charge in [0.1, 0.15) is 0 Å². The minimum atomic E-state index is -4.39. The molecular formula is C11H15F3N4. The molecule has 0 unspecified atom stereocenters. The van der Waals surface area contributed by atoms with E-state index in [9.17, 15) is 13.2 Å². The van der Waals surface area contributed by atoms with Crippen molar-refractivity contribution in [3.05, 3.63) is 18.0 Å². The first kappa shape index (κ1) is 13.1. The second-order valence-corrected chi connectivity index (χ2v) is 4.52. The first-order valence-electron chi connectivity index (χ1n) is 5.84. The van der Waals surface area contributed by atoms with Gasteiger partial charge in [0.05, 0.1) is 5.56 Å². The van der Waals surface area contributed by atoms with Crippen LogP contribution in [0.3, 0.4) is 0 Å². The third kappa shape index (κ3) is 3.32. The molecule has 2 heterocycles. The Labute approximate surface area is 103 Å². The summed E-state index contributed by atoms with van der Waals surface area (Å²) in [5, 5.41) is 6.32. The van der Waals surface area contributed by atoms with Gasteiger partial charge in [-0.25, -0.2) is 9.97 Å². The summed E-state index contributed by atoms with van der Waals surface area (Å²) in [6.07, 6.45) is -0.806. The van der Waals surface area contributed by atoms with Gasteiger partial charge in [-0.05, 0) is 19.8 Å². The van der Waals surface area contributed by atoms with E-state index in [0.717, 1.165) is 31.8 Å². The molecule has 1 aliphatic heterocycles. The monoisotopic (exact) mass is 260 g/mol. The van der Waals surface area contributed by atoms with Crippen molar-refractivity contribution >= 4 is 5.95 Å². The van der Waals surface area contributed by atoms with Gasteiger partial charge in [-0.2, -0.15) is 13.2 Å². The summed E-state index contributed by atoms with van der Waals surface area (Å²) in [4.78, 5) is 7.38. The number of nitrogens with zero attached hydrogens (tertiary/aromatic N) is 2. The van der Waals surface area contributed by atoms with Crippen LogP contribution in [0.4, 0.5) is 19.1 Å². The van der Waals surface area contributed by atoms with Gasteiger partial charge in [-0.1, -0.05) is 0 Å². The molecule has 1 saturated heterocycles. The number of aromatic nitrogens is 2.